The summed E-state index contributed by atoms with van der Waals surface area (Å²) in [5.41, 5.74) is 21.9. The fourth-order valence-electron chi connectivity index (χ4n) is 9.80. The Kier molecular flexibility index (Phi) is 7.48. The zero-order valence-corrected chi connectivity index (χ0v) is 30.3. The number of para-hydroxylation sites is 2. The zero-order valence-electron chi connectivity index (χ0n) is 30.3. The van der Waals surface area contributed by atoms with Gasteiger partial charge in [-0.2, -0.15) is 0 Å². The molecule has 242 valence electrons. The molecule has 0 unspecified atom stereocenters. The molecule has 0 saturated carbocycles. The summed E-state index contributed by atoms with van der Waals surface area (Å²) in [6.07, 6.45) is 2.11. The zero-order chi connectivity index (χ0) is 34.2. The van der Waals surface area contributed by atoms with Gasteiger partial charge < -0.3 is 4.57 Å². The van der Waals surface area contributed by atoms with Crippen molar-refractivity contribution in [3.05, 3.63) is 154 Å². The first-order chi connectivity index (χ1) is 23.7. The Labute approximate surface area is 292 Å². The van der Waals surface area contributed by atoms with E-state index in [-0.39, 0.29) is 12.1 Å². The molecule has 7 aromatic rings. The van der Waals surface area contributed by atoms with Crippen LogP contribution in [0.15, 0.2) is 109 Å². The predicted octanol–water partition coefficient (Wildman–Crippen LogP) is 10.2. The van der Waals surface area contributed by atoms with E-state index in [9.17, 15) is 0 Å². The molecule has 49 heavy (non-hydrogen) atoms. The van der Waals surface area contributed by atoms with Crippen molar-refractivity contribution in [2.75, 3.05) is 0 Å². The smallest absolute Gasteiger partial charge is 0.242 e. The lowest BCUT2D eigenvalue weighted by Crippen LogP contribution is -2.56. The number of aromatic nitrogens is 1. The number of nitrogens with zero attached hydrogens (tertiary/aromatic N) is 1. The van der Waals surface area contributed by atoms with Gasteiger partial charge in [0.15, 0.2) is 0 Å². The third-order valence-electron chi connectivity index (χ3n) is 11.8. The van der Waals surface area contributed by atoms with E-state index in [1.54, 1.807) is 0 Å². The van der Waals surface area contributed by atoms with Crippen LogP contribution in [0.1, 0.15) is 71.2 Å². The van der Waals surface area contributed by atoms with Gasteiger partial charge in [0.05, 0.1) is 11.0 Å². The van der Waals surface area contributed by atoms with Crippen molar-refractivity contribution < 1.29 is 0 Å². The van der Waals surface area contributed by atoms with Crippen LogP contribution in [0.5, 0.6) is 0 Å². The van der Waals surface area contributed by atoms with Gasteiger partial charge in [-0.25, -0.2) is 0 Å². The summed E-state index contributed by atoms with van der Waals surface area (Å²) in [5.74, 6) is 0. The average molecular weight is 636 g/mol. The summed E-state index contributed by atoms with van der Waals surface area (Å²) in [4.78, 5) is 0. The predicted molar refractivity (Wildman–Crippen MR) is 214 cm³/mol. The molecule has 0 atom stereocenters. The number of benzene rings is 6. The normalized spacial score (nSPS) is 13.2. The van der Waals surface area contributed by atoms with Crippen molar-refractivity contribution in [1.29, 1.82) is 0 Å². The topological polar surface area (TPSA) is 4.93 Å². The largest absolute Gasteiger partial charge is 0.309 e. The summed E-state index contributed by atoms with van der Waals surface area (Å²) < 4.78 is 2.47. The maximum absolute atomic E-state index is 2.60. The van der Waals surface area contributed by atoms with Gasteiger partial charge in [-0.15, -0.1) is 0 Å². The molecule has 1 nitrogen and oxygen atoms in total. The number of aryl methyl sites for hydroxylation is 6. The van der Waals surface area contributed by atoms with Crippen molar-refractivity contribution in [3.63, 3.8) is 0 Å². The first kappa shape index (κ1) is 31.5. The monoisotopic (exact) mass is 635 g/mol. The lowest BCUT2D eigenvalue weighted by Gasteiger charge is -2.31. The van der Waals surface area contributed by atoms with Gasteiger partial charge in [0, 0.05) is 21.9 Å². The number of hydrogen-bond donors (Lipinski definition) is 0. The van der Waals surface area contributed by atoms with Gasteiger partial charge in [0.25, 0.3) is 0 Å². The molecule has 1 aliphatic rings. The molecule has 0 amide bonds. The molecule has 0 radical (unpaired) electrons. The summed E-state index contributed by atoms with van der Waals surface area (Å²) in [5, 5.41) is 2.61. The second kappa shape index (κ2) is 11.7. The average Bonchev–Trinajstić information content (AvgIpc) is 3.56. The molecule has 0 fully saturated rings. The SMILES string of the molecule is CCC1(CC)c2cc(B(c3c(C)cc(C)cc3C)c3c(C)cc(C)cc3C)ccc2-c2ccc(-n3c4ccccc4c4ccccc43)cc21. The second-order valence-electron chi connectivity index (χ2n) is 14.8. The molecule has 8 rings (SSSR count). The van der Waals surface area contributed by atoms with Gasteiger partial charge in [-0.3, -0.25) is 0 Å². The van der Waals surface area contributed by atoms with Gasteiger partial charge in [0.2, 0.25) is 6.71 Å². The Morgan fingerprint density at radius 1 is 0.510 bits per heavy atom. The van der Waals surface area contributed by atoms with Crippen LogP contribution in [-0.4, -0.2) is 11.3 Å². The molecule has 0 bridgehead atoms. The van der Waals surface area contributed by atoms with Crippen molar-refractivity contribution in [1.82, 2.24) is 4.57 Å². The van der Waals surface area contributed by atoms with E-state index in [1.165, 1.54) is 99.5 Å². The summed E-state index contributed by atoms with van der Waals surface area (Å²) >= 11 is 0. The van der Waals surface area contributed by atoms with Crippen LogP contribution in [0.25, 0.3) is 38.6 Å². The van der Waals surface area contributed by atoms with Crippen molar-refractivity contribution in [3.8, 4) is 16.8 Å². The number of rotatable bonds is 6. The van der Waals surface area contributed by atoms with E-state index >= 15 is 0 Å². The van der Waals surface area contributed by atoms with Gasteiger partial charge in [-0.05, 0) is 101 Å². The Balaban J connectivity index is 1.35. The standard InChI is InChI=1S/C47H46BN/c1-9-47(10-2)41-27-35(48(45-31(5)23-29(3)24-32(45)6)46-33(7)25-30(4)26-34(46)8)19-21-37(41)38-22-20-36(28-42(38)47)49-43-17-13-11-15-39(43)40-16-12-14-18-44(40)49/h11-28H,9-10H2,1-8H3. The van der Waals surface area contributed by atoms with Gasteiger partial charge >= 0.3 is 0 Å². The summed E-state index contributed by atoms with van der Waals surface area (Å²) in [6, 6.07) is 41.9. The van der Waals surface area contributed by atoms with Crippen LogP contribution in [0.2, 0.25) is 0 Å². The molecule has 6 aromatic carbocycles. The van der Waals surface area contributed by atoms with Crippen LogP contribution in [0.3, 0.4) is 0 Å². The second-order valence-corrected chi connectivity index (χ2v) is 14.8. The van der Waals surface area contributed by atoms with Crippen LogP contribution in [0, 0.1) is 41.5 Å². The molecule has 0 aliphatic heterocycles. The van der Waals surface area contributed by atoms with E-state index in [2.05, 4.69) is 169 Å². The van der Waals surface area contributed by atoms with E-state index in [1.807, 2.05) is 0 Å². The maximum atomic E-state index is 2.60. The van der Waals surface area contributed by atoms with Gasteiger partial charge in [0.1, 0.15) is 0 Å². The van der Waals surface area contributed by atoms with Crippen molar-refractivity contribution >= 4 is 44.9 Å². The Morgan fingerprint density at radius 3 is 1.45 bits per heavy atom. The Morgan fingerprint density at radius 2 is 0.959 bits per heavy atom. The first-order valence-electron chi connectivity index (χ1n) is 18.1. The Bertz CT molecular complexity index is 2280. The highest BCUT2D eigenvalue weighted by Gasteiger charge is 2.42. The molecule has 0 N–H and O–H groups in total. The lowest BCUT2D eigenvalue weighted by molar-refractivity contribution is 0.490. The van der Waals surface area contributed by atoms with E-state index < -0.39 is 0 Å². The fourth-order valence-corrected chi connectivity index (χ4v) is 9.80. The molecule has 2 heteroatoms. The van der Waals surface area contributed by atoms with Crippen LogP contribution in [0.4, 0.5) is 0 Å². The highest BCUT2D eigenvalue weighted by atomic mass is 15.0. The summed E-state index contributed by atoms with van der Waals surface area (Å²) in [6.45, 7) is 18.6. The summed E-state index contributed by atoms with van der Waals surface area (Å²) in [7, 11) is 0. The first-order valence-corrected chi connectivity index (χ1v) is 18.1. The van der Waals surface area contributed by atoms with Crippen LogP contribution in [-0.2, 0) is 5.41 Å². The van der Waals surface area contributed by atoms with E-state index in [4.69, 9.17) is 0 Å². The third kappa shape index (κ3) is 4.67. The van der Waals surface area contributed by atoms with Crippen LogP contribution >= 0.6 is 0 Å². The third-order valence-corrected chi connectivity index (χ3v) is 11.8. The minimum atomic E-state index is -0.0608. The van der Waals surface area contributed by atoms with Gasteiger partial charge in [-0.1, -0.05) is 149 Å². The fraction of sp³-hybridized carbons (Fsp3) is 0.234. The van der Waals surface area contributed by atoms with E-state index in [0.717, 1.165) is 12.8 Å². The maximum Gasteiger partial charge on any atom is 0.242 e. The molecular weight excluding hydrogens is 589 g/mol. The minimum absolute atomic E-state index is 0.0608. The highest BCUT2D eigenvalue weighted by Crippen LogP contribution is 2.53. The molecule has 1 heterocycles. The minimum Gasteiger partial charge on any atom is -0.309 e. The molecule has 0 saturated heterocycles. The quantitative estimate of drug-likeness (QED) is 0.160. The number of fused-ring (bicyclic) bond motifs is 6. The number of hydrogen-bond acceptors (Lipinski definition) is 0. The highest BCUT2D eigenvalue weighted by molar-refractivity contribution is 6.96. The molecule has 0 spiro atoms. The molecule has 1 aliphatic carbocycles. The molecule has 1 aromatic heterocycles. The lowest BCUT2D eigenvalue weighted by atomic mass is 9.34. The van der Waals surface area contributed by atoms with Crippen molar-refractivity contribution in [2.45, 2.75) is 73.6 Å². The molecular formula is C47H46BN. The Hall–Kier alpha value is -4.82. The van der Waals surface area contributed by atoms with E-state index in [0.29, 0.717) is 0 Å². The van der Waals surface area contributed by atoms with Crippen LogP contribution < -0.4 is 16.4 Å². The van der Waals surface area contributed by atoms with Crippen molar-refractivity contribution in [2.24, 2.45) is 0 Å².